The molecule has 1 unspecified atom stereocenters. The van der Waals surface area contributed by atoms with Crippen LogP contribution in [0.15, 0.2) is 22.6 Å². The Hall–Kier alpha value is -3.67. The number of aliphatic hydroxyl groups is 1. The summed E-state index contributed by atoms with van der Waals surface area (Å²) in [7, 11) is 1.48. The Bertz CT molecular complexity index is 1000. The molecule has 1 atom stereocenters. The van der Waals surface area contributed by atoms with Crippen molar-refractivity contribution in [3.63, 3.8) is 0 Å². The molecular formula is C20H27N9O3. The Morgan fingerprint density at radius 2 is 2.03 bits per heavy atom. The van der Waals surface area contributed by atoms with E-state index in [1.54, 1.807) is 20.0 Å². The summed E-state index contributed by atoms with van der Waals surface area (Å²) >= 11 is 0. The van der Waals surface area contributed by atoms with Crippen molar-refractivity contribution in [3.05, 3.63) is 29.0 Å². The number of carbonyl (C=O) groups is 2. The van der Waals surface area contributed by atoms with E-state index in [1.165, 1.54) is 13.3 Å². The highest BCUT2D eigenvalue weighted by molar-refractivity contribution is 6.09. The number of aromatic nitrogens is 2. The zero-order valence-electron chi connectivity index (χ0n) is 18.1. The van der Waals surface area contributed by atoms with Gasteiger partial charge in [0, 0.05) is 31.9 Å². The van der Waals surface area contributed by atoms with Crippen molar-refractivity contribution in [3.8, 4) is 0 Å². The Balaban J connectivity index is 1.86. The summed E-state index contributed by atoms with van der Waals surface area (Å²) in [6.07, 6.45) is 6.95. The summed E-state index contributed by atoms with van der Waals surface area (Å²) < 4.78 is 0. The maximum absolute atomic E-state index is 13.1. The number of amides is 2. The van der Waals surface area contributed by atoms with E-state index >= 15 is 0 Å². The van der Waals surface area contributed by atoms with E-state index in [2.05, 4.69) is 36.2 Å². The monoisotopic (exact) mass is 441 g/mol. The molecule has 2 heterocycles. The minimum atomic E-state index is -1.13. The number of hydrogen-bond donors (Lipinski definition) is 7. The molecule has 1 aliphatic heterocycles. The molecule has 1 saturated carbocycles. The first kappa shape index (κ1) is 23.0. The lowest BCUT2D eigenvalue weighted by Gasteiger charge is -2.19. The number of nitrogens with one attached hydrogen (secondary N) is 6. The fourth-order valence-electron chi connectivity index (χ4n) is 2.77. The van der Waals surface area contributed by atoms with Gasteiger partial charge in [-0.1, -0.05) is 0 Å². The van der Waals surface area contributed by atoms with Gasteiger partial charge in [-0.05, 0) is 26.7 Å². The predicted octanol–water partition coefficient (Wildman–Crippen LogP) is -0.106. The van der Waals surface area contributed by atoms with Crippen molar-refractivity contribution < 1.29 is 14.7 Å². The van der Waals surface area contributed by atoms with Crippen LogP contribution in [0.25, 0.3) is 0 Å². The van der Waals surface area contributed by atoms with Gasteiger partial charge in [-0.25, -0.2) is 9.97 Å². The number of carbonyl (C=O) groups excluding carboxylic acids is 2. The Morgan fingerprint density at radius 1 is 1.34 bits per heavy atom. The van der Waals surface area contributed by atoms with Crippen LogP contribution in [0.2, 0.25) is 0 Å². The first-order chi connectivity index (χ1) is 15.1. The first-order valence-corrected chi connectivity index (χ1v) is 10.1. The van der Waals surface area contributed by atoms with Gasteiger partial charge in [-0.3, -0.25) is 14.6 Å². The maximum atomic E-state index is 13.1. The van der Waals surface area contributed by atoms with Crippen LogP contribution in [0.1, 0.15) is 48.8 Å². The van der Waals surface area contributed by atoms with Crippen LogP contribution in [0.3, 0.4) is 0 Å². The number of rotatable bonds is 11. The standard InChI is InChI=1S/C20H27N9O3/c1-19(2,32)9-25-17(30)14(23-3)12(6-21)28-18(31)15-16(29-20(8-22)10-26-20)24-7-13(27-15)11-4-5-11/h6-8,10-11,21-23,32H,4-5,9H2,1-3H3,(H,24,29)(H,25,30)(H,28,31)/b14-12+,21-6?,22-8?. The zero-order valence-corrected chi connectivity index (χ0v) is 18.1. The van der Waals surface area contributed by atoms with Gasteiger partial charge in [-0.2, -0.15) is 0 Å². The number of likely N-dealkylation sites (N-methyl/N-ethyl adjacent to an activating group) is 1. The quantitative estimate of drug-likeness (QED) is 0.184. The van der Waals surface area contributed by atoms with E-state index in [4.69, 9.17) is 10.8 Å². The van der Waals surface area contributed by atoms with Gasteiger partial charge in [0.2, 0.25) is 5.66 Å². The molecule has 0 aromatic carbocycles. The topological polar surface area (TPSA) is 188 Å². The molecule has 0 radical (unpaired) electrons. The zero-order chi connectivity index (χ0) is 23.5. The molecule has 2 amide bonds. The molecule has 1 aromatic heterocycles. The summed E-state index contributed by atoms with van der Waals surface area (Å²) in [6, 6.07) is 0. The lowest BCUT2D eigenvalue weighted by molar-refractivity contribution is -0.118. The summed E-state index contributed by atoms with van der Waals surface area (Å²) in [5, 5.41) is 35.7. The summed E-state index contributed by atoms with van der Waals surface area (Å²) in [6.45, 7) is 3.06. The number of anilines is 1. The van der Waals surface area contributed by atoms with Crippen molar-refractivity contribution in [1.29, 1.82) is 10.8 Å². The van der Waals surface area contributed by atoms with E-state index in [0.717, 1.165) is 25.3 Å². The molecule has 0 bridgehead atoms. The van der Waals surface area contributed by atoms with Crippen molar-refractivity contribution in [2.45, 2.75) is 43.9 Å². The summed E-state index contributed by atoms with van der Waals surface area (Å²) in [5.41, 5.74) is -1.63. The second-order valence-electron chi connectivity index (χ2n) is 8.25. The second-order valence-corrected chi connectivity index (χ2v) is 8.25. The van der Waals surface area contributed by atoms with Crippen molar-refractivity contribution in [2.75, 3.05) is 18.9 Å². The van der Waals surface area contributed by atoms with E-state index in [9.17, 15) is 14.7 Å². The third-order valence-electron chi connectivity index (χ3n) is 4.77. The molecular weight excluding hydrogens is 414 g/mol. The SMILES string of the molecule is CN/C(C(=O)NCC(C)(C)O)=C(\C=N)NC(=O)c1nc(C2CC2)cnc1NC1(C=N)C=N1. The second kappa shape index (κ2) is 8.83. The van der Waals surface area contributed by atoms with E-state index in [-0.39, 0.29) is 35.4 Å². The van der Waals surface area contributed by atoms with Gasteiger partial charge < -0.3 is 37.2 Å². The van der Waals surface area contributed by atoms with Gasteiger partial charge in [-0.15, -0.1) is 0 Å². The minimum Gasteiger partial charge on any atom is -0.389 e. The molecule has 2 aliphatic rings. The van der Waals surface area contributed by atoms with Crippen molar-refractivity contribution >= 4 is 36.3 Å². The highest BCUT2D eigenvalue weighted by atomic mass is 16.3. The van der Waals surface area contributed by atoms with Crippen molar-refractivity contribution in [2.24, 2.45) is 4.99 Å². The van der Waals surface area contributed by atoms with Crippen LogP contribution < -0.4 is 21.3 Å². The Morgan fingerprint density at radius 3 is 2.53 bits per heavy atom. The molecule has 1 aliphatic carbocycles. The van der Waals surface area contributed by atoms with Gasteiger partial charge in [0.15, 0.2) is 11.5 Å². The largest absolute Gasteiger partial charge is 0.389 e. The van der Waals surface area contributed by atoms with Crippen LogP contribution in [0, 0.1) is 10.8 Å². The molecule has 7 N–H and O–H groups in total. The minimum absolute atomic E-state index is 0.0229. The highest BCUT2D eigenvalue weighted by Crippen LogP contribution is 2.39. The van der Waals surface area contributed by atoms with Gasteiger partial charge in [0.1, 0.15) is 5.70 Å². The van der Waals surface area contributed by atoms with E-state index in [1.807, 2.05) is 0 Å². The lowest BCUT2D eigenvalue weighted by atomic mass is 10.1. The summed E-state index contributed by atoms with van der Waals surface area (Å²) in [4.78, 5) is 38.4. The molecule has 32 heavy (non-hydrogen) atoms. The smallest absolute Gasteiger partial charge is 0.278 e. The van der Waals surface area contributed by atoms with Crippen LogP contribution in [0.5, 0.6) is 0 Å². The molecule has 0 spiro atoms. The first-order valence-electron chi connectivity index (χ1n) is 10.1. The Labute approximate surface area is 185 Å². The Kier molecular flexibility index (Phi) is 6.35. The number of hydrogen-bond acceptors (Lipinski definition) is 10. The lowest BCUT2D eigenvalue weighted by Crippen LogP contribution is -2.42. The third-order valence-corrected chi connectivity index (χ3v) is 4.77. The van der Waals surface area contributed by atoms with Crippen LogP contribution in [0.4, 0.5) is 5.82 Å². The van der Waals surface area contributed by atoms with Gasteiger partial charge >= 0.3 is 0 Å². The molecule has 12 heteroatoms. The van der Waals surface area contributed by atoms with Crippen LogP contribution in [-0.4, -0.2) is 70.4 Å². The predicted molar refractivity (Wildman–Crippen MR) is 119 cm³/mol. The molecule has 170 valence electrons. The van der Waals surface area contributed by atoms with Crippen LogP contribution >= 0.6 is 0 Å². The third kappa shape index (κ3) is 5.52. The maximum Gasteiger partial charge on any atom is 0.278 e. The molecule has 0 saturated heterocycles. The molecule has 1 aromatic rings. The van der Waals surface area contributed by atoms with E-state index in [0.29, 0.717) is 5.69 Å². The molecule has 1 fully saturated rings. The number of aliphatic imine (C=N–C) groups is 1. The van der Waals surface area contributed by atoms with Crippen molar-refractivity contribution in [1.82, 2.24) is 25.9 Å². The van der Waals surface area contributed by atoms with Gasteiger partial charge in [0.05, 0.1) is 29.4 Å². The number of nitrogens with zero attached hydrogens (tertiary/aromatic N) is 3. The average Bonchev–Trinajstić information content (AvgIpc) is 3.67. The summed E-state index contributed by atoms with van der Waals surface area (Å²) in [5.74, 6) is -0.895. The molecule has 12 nitrogen and oxygen atoms in total. The number of allylic oxidation sites excluding steroid dienone is 1. The fourth-order valence-corrected chi connectivity index (χ4v) is 2.77. The normalized spacial score (nSPS) is 20.0. The fraction of sp³-hybridized carbons (Fsp3) is 0.450. The van der Waals surface area contributed by atoms with Gasteiger partial charge in [0.25, 0.3) is 11.8 Å². The molecule has 3 rings (SSSR count). The van der Waals surface area contributed by atoms with E-state index < -0.39 is 23.1 Å². The average molecular weight is 441 g/mol. The highest BCUT2D eigenvalue weighted by Gasteiger charge is 2.37. The van der Waals surface area contributed by atoms with Crippen LogP contribution in [-0.2, 0) is 4.79 Å².